The van der Waals surface area contributed by atoms with Crippen molar-refractivity contribution in [3.63, 3.8) is 0 Å². The molecule has 1 amide bonds. The van der Waals surface area contributed by atoms with E-state index in [0.29, 0.717) is 13.1 Å². The van der Waals surface area contributed by atoms with E-state index in [-0.39, 0.29) is 22.3 Å². The topological polar surface area (TPSA) is 64.6 Å². The molecule has 1 aliphatic heterocycles. The molecule has 1 rings (SSSR count). The van der Waals surface area contributed by atoms with Gasteiger partial charge in [0, 0.05) is 24.5 Å². The summed E-state index contributed by atoms with van der Waals surface area (Å²) >= 11 is -1.08. The Labute approximate surface area is 144 Å². The SMILES string of the molecule is C[C@@H](N[S+]([O-])C(C)(C)C)C1(C)CCN(C(=O)OC(C)(C)C)CC1. The van der Waals surface area contributed by atoms with E-state index < -0.39 is 17.0 Å². The Hall–Kier alpha value is -0.460. The van der Waals surface area contributed by atoms with Gasteiger partial charge in [-0.1, -0.05) is 6.92 Å². The first-order valence-corrected chi connectivity index (χ1v) is 9.55. The van der Waals surface area contributed by atoms with Gasteiger partial charge in [0.15, 0.2) is 0 Å². The third-order valence-electron chi connectivity index (χ3n) is 4.44. The minimum absolute atomic E-state index is 0.0272. The zero-order chi connectivity index (χ0) is 18.1. The van der Waals surface area contributed by atoms with Crippen molar-refractivity contribution in [1.29, 1.82) is 0 Å². The molecule has 1 N–H and O–H groups in total. The van der Waals surface area contributed by atoms with Crippen LogP contribution in [0.15, 0.2) is 0 Å². The summed E-state index contributed by atoms with van der Waals surface area (Å²) in [5.74, 6) is 0. The van der Waals surface area contributed by atoms with Crippen LogP contribution in [0, 0.1) is 5.41 Å². The Balaban J connectivity index is 2.57. The summed E-state index contributed by atoms with van der Waals surface area (Å²) in [4.78, 5) is 13.9. The Morgan fingerprint density at radius 3 is 2.09 bits per heavy atom. The van der Waals surface area contributed by atoms with Crippen molar-refractivity contribution in [3.8, 4) is 0 Å². The molecule has 1 unspecified atom stereocenters. The van der Waals surface area contributed by atoms with Gasteiger partial charge in [-0.25, -0.2) is 4.79 Å². The predicted molar refractivity (Wildman–Crippen MR) is 95.6 cm³/mol. The molecular weight excluding hydrogens is 312 g/mol. The molecule has 136 valence electrons. The highest BCUT2D eigenvalue weighted by atomic mass is 32.2. The molecule has 5 nitrogen and oxygen atoms in total. The number of carbonyl (C=O) groups is 1. The summed E-state index contributed by atoms with van der Waals surface area (Å²) in [5, 5.41) is 0. The lowest BCUT2D eigenvalue weighted by Crippen LogP contribution is -2.54. The number of nitrogens with one attached hydrogen (secondary N) is 1. The second-order valence-electron chi connectivity index (χ2n) is 8.84. The first kappa shape index (κ1) is 20.6. The lowest BCUT2D eigenvalue weighted by atomic mass is 9.75. The molecule has 1 aliphatic rings. The molecule has 0 aromatic heterocycles. The number of ether oxygens (including phenoxy) is 1. The van der Waals surface area contributed by atoms with Crippen molar-refractivity contribution in [2.24, 2.45) is 5.41 Å². The van der Waals surface area contributed by atoms with Gasteiger partial charge in [-0.3, -0.25) is 0 Å². The van der Waals surface area contributed by atoms with Crippen LogP contribution in [0.3, 0.4) is 0 Å². The van der Waals surface area contributed by atoms with Crippen LogP contribution < -0.4 is 4.72 Å². The third-order valence-corrected chi connectivity index (χ3v) is 6.12. The lowest BCUT2D eigenvalue weighted by Gasteiger charge is -2.43. The minimum Gasteiger partial charge on any atom is -0.598 e. The smallest absolute Gasteiger partial charge is 0.410 e. The van der Waals surface area contributed by atoms with Gasteiger partial charge >= 0.3 is 6.09 Å². The molecule has 23 heavy (non-hydrogen) atoms. The van der Waals surface area contributed by atoms with Crippen LogP contribution in [-0.4, -0.2) is 45.0 Å². The fraction of sp³-hybridized carbons (Fsp3) is 0.941. The van der Waals surface area contributed by atoms with Gasteiger partial charge in [-0.05, 0) is 66.7 Å². The Morgan fingerprint density at radius 1 is 1.22 bits per heavy atom. The minimum atomic E-state index is -1.08. The monoisotopic (exact) mass is 346 g/mol. The van der Waals surface area contributed by atoms with Crippen molar-refractivity contribution in [2.75, 3.05) is 13.1 Å². The van der Waals surface area contributed by atoms with E-state index in [2.05, 4.69) is 18.6 Å². The number of hydrogen-bond acceptors (Lipinski definition) is 4. The zero-order valence-electron chi connectivity index (χ0n) is 16.0. The van der Waals surface area contributed by atoms with Crippen molar-refractivity contribution in [3.05, 3.63) is 0 Å². The van der Waals surface area contributed by atoms with Crippen molar-refractivity contribution in [2.45, 2.75) is 84.6 Å². The number of hydrogen-bond donors (Lipinski definition) is 1. The molecule has 0 spiro atoms. The van der Waals surface area contributed by atoms with Crippen molar-refractivity contribution < 1.29 is 14.1 Å². The molecule has 6 heteroatoms. The van der Waals surface area contributed by atoms with E-state index in [4.69, 9.17) is 4.74 Å². The average molecular weight is 347 g/mol. The summed E-state index contributed by atoms with van der Waals surface area (Å²) in [5.41, 5.74) is -0.435. The highest BCUT2D eigenvalue weighted by Gasteiger charge is 2.40. The van der Waals surface area contributed by atoms with Crippen LogP contribution in [0.25, 0.3) is 0 Å². The van der Waals surface area contributed by atoms with Crippen LogP contribution in [-0.2, 0) is 16.1 Å². The van der Waals surface area contributed by atoms with Crippen LogP contribution in [0.4, 0.5) is 4.79 Å². The molecule has 0 saturated carbocycles. The molecule has 0 aromatic carbocycles. The molecule has 0 radical (unpaired) electrons. The van der Waals surface area contributed by atoms with Crippen molar-refractivity contribution in [1.82, 2.24) is 9.62 Å². The van der Waals surface area contributed by atoms with E-state index in [9.17, 15) is 9.35 Å². The lowest BCUT2D eigenvalue weighted by molar-refractivity contribution is 0.00900. The number of nitrogens with zero attached hydrogens (tertiary/aromatic N) is 1. The fourth-order valence-electron chi connectivity index (χ4n) is 2.44. The largest absolute Gasteiger partial charge is 0.598 e. The van der Waals surface area contributed by atoms with Gasteiger partial charge in [0.05, 0.1) is 6.04 Å². The zero-order valence-corrected chi connectivity index (χ0v) is 16.8. The molecule has 0 bridgehead atoms. The van der Waals surface area contributed by atoms with Gasteiger partial charge in [-0.15, -0.1) is 4.72 Å². The van der Waals surface area contributed by atoms with Gasteiger partial charge in [-0.2, -0.15) is 0 Å². The highest BCUT2D eigenvalue weighted by Crippen LogP contribution is 2.35. The van der Waals surface area contributed by atoms with Crippen LogP contribution in [0.5, 0.6) is 0 Å². The highest BCUT2D eigenvalue weighted by molar-refractivity contribution is 7.90. The Kier molecular flexibility index (Phi) is 6.44. The van der Waals surface area contributed by atoms with Gasteiger partial charge in [0.25, 0.3) is 0 Å². The maximum atomic E-state index is 12.3. The van der Waals surface area contributed by atoms with Gasteiger partial charge < -0.3 is 14.2 Å². The first-order chi connectivity index (χ1) is 10.2. The number of rotatable bonds is 3. The van der Waals surface area contributed by atoms with Gasteiger partial charge in [0.2, 0.25) is 0 Å². The molecule has 2 atom stereocenters. The Morgan fingerprint density at radius 2 is 1.70 bits per heavy atom. The first-order valence-electron chi connectivity index (χ1n) is 8.41. The van der Waals surface area contributed by atoms with Crippen LogP contribution in [0.2, 0.25) is 0 Å². The summed E-state index contributed by atoms with van der Waals surface area (Å²) < 4.78 is 20.7. The van der Waals surface area contributed by atoms with Crippen LogP contribution >= 0.6 is 0 Å². The van der Waals surface area contributed by atoms with E-state index >= 15 is 0 Å². The average Bonchev–Trinajstić information content (AvgIpc) is 2.36. The summed E-state index contributed by atoms with van der Waals surface area (Å²) in [6.45, 7) is 17.2. The number of likely N-dealkylation sites (tertiary alicyclic amines) is 1. The number of piperidine rings is 1. The van der Waals surface area contributed by atoms with E-state index in [1.165, 1.54) is 0 Å². The molecular formula is C17H34N2O3S. The van der Waals surface area contributed by atoms with Gasteiger partial charge in [0.1, 0.15) is 10.3 Å². The van der Waals surface area contributed by atoms with E-state index in [1.807, 2.05) is 41.5 Å². The number of carbonyl (C=O) groups excluding carboxylic acids is 1. The molecule has 0 aliphatic carbocycles. The van der Waals surface area contributed by atoms with Crippen LogP contribution in [0.1, 0.15) is 68.2 Å². The summed E-state index contributed by atoms with van der Waals surface area (Å²) in [6, 6.07) is 0.128. The maximum absolute atomic E-state index is 12.3. The summed E-state index contributed by atoms with van der Waals surface area (Å²) in [7, 11) is 0. The standard InChI is InChI=1S/C17H34N2O3S/c1-13(18-23(21)16(5,6)7)17(8)9-11-19(12-10-17)14(20)22-15(2,3)4/h13,18H,9-12H2,1-8H3/t13-,23?/m1/s1. The quantitative estimate of drug-likeness (QED) is 0.795. The van der Waals surface area contributed by atoms with E-state index in [1.54, 1.807) is 4.90 Å². The van der Waals surface area contributed by atoms with E-state index in [0.717, 1.165) is 12.8 Å². The molecule has 1 saturated heterocycles. The molecule has 1 heterocycles. The maximum Gasteiger partial charge on any atom is 0.410 e. The molecule has 0 aromatic rings. The second-order valence-corrected chi connectivity index (χ2v) is 10.8. The third kappa shape index (κ3) is 6.16. The molecule has 1 fully saturated rings. The summed E-state index contributed by atoms with van der Waals surface area (Å²) in [6.07, 6.45) is 1.52. The van der Waals surface area contributed by atoms with Crippen molar-refractivity contribution >= 4 is 17.5 Å². The normalized spacial score (nSPS) is 21.7. The Bertz CT molecular complexity index is 407. The second kappa shape index (κ2) is 7.19. The fourth-order valence-corrected chi connectivity index (χ4v) is 3.40. The number of amides is 1. The predicted octanol–water partition coefficient (Wildman–Crippen LogP) is 3.46.